The van der Waals surface area contributed by atoms with Crippen LogP contribution >= 0.6 is 24.8 Å². The minimum atomic E-state index is -4.72. The summed E-state index contributed by atoms with van der Waals surface area (Å²) in [5.41, 5.74) is -0.171. The molecular formula is C20H31Cl2F3N2O2. The van der Waals surface area contributed by atoms with Gasteiger partial charge in [-0.25, -0.2) is 0 Å². The van der Waals surface area contributed by atoms with E-state index < -0.39 is 12.0 Å². The summed E-state index contributed by atoms with van der Waals surface area (Å²) in [6.45, 7) is 5.37. The zero-order valence-corrected chi connectivity index (χ0v) is 18.2. The first-order valence-corrected chi connectivity index (χ1v) is 9.79. The molecule has 29 heavy (non-hydrogen) atoms. The summed E-state index contributed by atoms with van der Waals surface area (Å²) in [5, 5.41) is 14.8. The van der Waals surface area contributed by atoms with E-state index >= 15 is 0 Å². The third kappa shape index (κ3) is 7.47. The lowest BCUT2D eigenvalue weighted by Gasteiger charge is -2.43. The van der Waals surface area contributed by atoms with Gasteiger partial charge in [-0.2, -0.15) is 0 Å². The van der Waals surface area contributed by atoms with E-state index in [9.17, 15) is 18.3 Å². The first-order valence-electron chi connectivity index (χ1n) is 9.79. The largest absolute Gasteiger partial charge is 0.573 e. The number of hydrogen-bond acceptors (Lipinski definition) is 4. The molecule has 1 aliphatic heterocycles. The highest BCUT2D eigenvalue weighted by atomic mass is 35.5. The normalized spacial score (nSPS) is 23.4. The molecule has 0 radical (unpaired) electrons. The average molecular weight is 459 g/mol. The molecule has 0 amide bonds. The summed E-state index contributed by atoms with van der Waals surface area (Å²) in [5.74, 6) is -0.460. The molecule has 1 aromatic rings. The van der Waals surface area contributed by atoms with Gasteiger partial charge >= 0.3 is 6.36 Å². The number of aliphatic hydroxyl groups is 1. The summed E-state index contributed by atoms with van der Waals surface area (Å²) < 4.78 is 42.0. The summed E-state index contributed by atoms with van der Waals surface area (Å²) in [6.07, 6.45) is -0.360. The van der Waals surface area contributed by atoms with Gasteiger partial charge in [-0.3, -0.25) is 4.90 Å². The number of hydrogen-bond donors (Lipinski definition) is 2. The standard InChI is InChI=1S/C20H29F3N2O2.2ClH/c1-15-13-25(11-10-24-15)14-18(19(26)8-3-2-4-9-19)16-6-5-7-17(12-16)27-20(21,22)23;;/h5-7,12,15,18,24,26H,2-4,8-11,13-14H2,1H3;2*1H/t15-,18+;;/m0../s1. The molecule has 2 aliphatic rings. The van der Waals surface area contributed by atoms with Gasteiger partial charge in [0, 0.05) is 38.1 Å². The lowest BCUT2D eigenvalue weighted by atomic mass is 9.72. The Morgan fingerprint density at radius 1 is 1.24 bits per heavy atom. The predicted molar refractivity (Wildman–Crippen MR) is 112 cm³/mol. The van der Waals surface area contributed by atoms with E-state index in [4.69, 9.17) is 0 Å². The van der Waals surface area contributed by atoms with Crippen molar-refractivity contribution in [2.75, 3.05) is 26.2 Å². The third-order valence-corrected chi connectivity index (χ3v) is 5.76. The van der Waals surface area contributed by atoms with Crippen molar-refractivity contribution in [2.24, 2.45) is 0 Å². The van der Waals surface area contributed by atoms with Crippen LogP contribution in [0.2, 0.25) is 0 Å². The number of nitrogens with zero attached hydrogens (tertiary/aromatic N) is 1. The maximum Gasteiger partial charge on any atom is 0.573 e. The van der Waals surface area contributed by atoms with Crippen molar-refractivity contribution in [2.45, 2.75) is 63.0 Å². The van der Waals surface area contributed by atoms with Crippen LogP contribution in [0, 0.1) is 0 Å². The van der Waals surface area contributed by atoms with E-state index in [1.807, 2.05) is 6.07 Å². The van der Waals surface area contributed by atoms with Crippen molar-refractivity contribution < 1.29 is 23.0 Å². The average Bonchev–Trinajstić information content (AvgIpc) is 2.59. The molecule has 168 valence electrons. The number of benzene rings is 1. The molecule has 1 heterocycles. The highest BCUT2D eigenvalue weighted by Gasteiger charge is 2.40. The lowest BCUT2D eigenvalue weighted by molar-refractivity contribution is -0.274. The summed E-state index contributed by atoms with van der Waals surface area (Å²) in [6, 6.07) is 6.50. The van der Waals surface area contributed by atoms with Crippen LogP contribution in [0.4, 0.5) is 13.2 Å². The minimum Gasteiger partial charge on any atom is -0.406 e. The van der Waals surface area contributed by atoms with Gasteiger partial charge in [-0.05, 0) is 37.5 Å². The van der Waals surface area contributed by atoms with Crippen LogP contribution in [0.5, 0.6) is 5.75 Å². The fourth-order valence-electron chi connectivity index (χ4n) is 4.46. The zero-order valence-electron chi connectivity index (χ0n) is 16.6. The van der Waals surface area contributed by atoms with E-state index in [-0.39, 0.29) is 36.5 Å². The molecule has 1 saturated heterocycles. The summed E-state index contributed by atoms with van der Waals surface area (Å²) in [4.78, 5) is 2.30. The number of halogens is 5. The second-order valence-electron chi connectivity index (χ2n) is 7.95. The Morgan fingerprint density at radius 3 is 2.55 bits per heavy atom. The maximum absolute atomic E-state index is 12.6. The van der Waals surface area contributed by atoms with E-state index in [2.05, 4.69) is 21.9 Å². The van der Waals surface area contributed by atoms with Gasteiger partial charge < -0.3 is 15.2 Å². The number of nitrogens with one attached hydrogen (secondary N) is 1. The first-order chi connectivity index (χ1) is 12.8. The van der Waals surface area contributed by atoms with Crippen molar-refractivity contribution in [3.63, 3.8) is 0 Å². The second-order valence-corrected chi connectivity index (χ2v) is 7.95. The highest BCUT2D eigenvalue weighted by Crippen LogP contribution is 2.41. The number of rotatable bonds is 5. The number of ether oxygens (including phenoxy) is 1. The van der Waals surface area contributed by atoms with Gasteiger partial charge in [0.2, 0.25) is 0 Å². The molecule has 0 spiro atoms. The van der Waals surface area contributed by atoms with Gasteiger partial charge in [-0.1, -0.05) is 31.4 Å². The van der Waals surface area contributed by atoms with E-state index in [1.165, 1.54) is 12.1 Å². The zero-order chi connectivity index (χ0) is 19.5. The first kappa shape index (κ1) is 26.3. The SMILES string of the molecule is C[C@H]1CN(C[C@H](c2cccc(OC(F)(F)F)c2)C2(O)CCCCC2)CCN1.Cl.Cl. The lowest BCUT2D eigenvalue weighted by Crippen LogP contribution is -2.52. The predicted octanol–water partition coefficient (Wildman–Crippen LogP) is 4.50. The maximum atomic E-state index is 12.6. The van der Waals surface area contributed by atoms with Crippen LogP contribution < -0.4 is 10.1 Å². The Morgan fingerprint density at radius 2 is 1.93 bits per heavy atom. The van der Waals surface area contributed by atoms with Gasteiger partial charge in [0.05, 0.1) is 5.60 Å². The monoisotopic (exact) mass is 458 g/mol. The fraction of sp³-hybridized carbons (Fsp3) is 0.700. The van der Waals surface area contributed by atoms with Crippen molar-refractivity contribution in [1.82, 2.24) is 10.2 Å². The molecule has 2 N–H and O–H groups in total. The molecule has 3 rings (SSSR count). The Balaban J connectivity index is 0.00000210. The van der Waals surface area contributed by atoms with Gasteiger partial charge in [0.25, 0.3) is 0 Å². The van der Waals surface area contributed by atoms with Crippen LogP contribution in [0.25, 0.3) is 0 Å². The minimum absolute atomic E-state index is 0. The molecule has 1 aromatic carbocycles. The van der Waals surface area contributed by atoms with Crippen LogP contribution in [-0.2, 0) is 0 Å². The van der Waals surface area contributed by atoms with Crippen LogP contribution in [-0.4, -0.2) is 54.2 Å². The Labute approximate surface area is 183 Å². The Kier molecular flexibility index (Phi) is 10.0. The molecule has 9 heteroatoms. The second kappa shape index (κ2) is 11.0. The van der Waals surface area contributed by atoms with Crippen molar-refractivity contribution in [3.05, 3.63) is 29.8 Å². The molecule has 0 bridgehead atoms. The topological polar surface area (TPSA) is 44.7 Å². The molecule has 1 aliphatic carbocycles. The molecule has 0 unspecified atom stereocenters. The molecule has 2 atom stereocenters. The highest BCUT2D eigenvalue weighted by molar-refractivity contribution is 5.85. The van der Waals surface area contributed by atoms with Crippen molar-refractivity contribution in [3.8, 4) is 5.75 Å². The molecule has 4 nitrogen and oxygen atoms in total. The molecule has 0 aromatic heterocycles. The Hall–Kier alpha value is -0.730. The van der Waals surface area contributed by atoms with Gasteiger partial charge in [0.15, 0.2) is 0 Å². The van der Waals surface area contributed by atoms with E-state index in [0.29, 0.717) is 31.0 Å². The number of piperazine rings is 1. The summed E-state index contributed by atoms with van der Waals surface area (Å²) >= 11 is 0. The molecule has 1 saturated carbocycles. The van der Waals surface area contributed by atoms with Gasteiger partial charge in [-0.15, -0.1) is 38.0 Å². The molecular weight excluding hydrogens is 428 g/mol. The molecule has 2 fully saturated rings. The smallest absolute Gasteiger partial charge is 0.406 e. The quantitative estimate of drug-likeness (QED) is 0.681. The van der Waals surface area contributed by atoms with Crippen LogP contribution in [0.1, 0.15) is 50.5 Å². The van der Waals surface area contributed by atoms with E-state index in [0.717, 1.165) is 38.9 Å². The Bertz CT molecular complexity index is 628. The van der Waals surface area contributed by atoms with Crippen molar-refractivity contribution >= 4 is 24.8 Å². The third-order valence-electron chi connectivity index (χ3n) is 5.76. The fourth-order valence-corrected chi connectivity index (χ4v) is 4.46. The van der Waals surface area contributed by atoms with E-state index in [1.54, 1.807) is 6.07 Å². The van der Waals surface area contributed by atoms with Crippen LogP contribution in [0.3, 0.4) is 0 Å². The van der Waals surface area contributed by atoms with Gasteiger partial charge in [0.1, 0.15) is 5.75 Å². The number of alkyl halides is 3. The van der Waals surface area contributed by atoms with Crippen LogP contribution in [0.15, 0.2) is 24.3 Å². The summed E-state index contributed by atoms with van der Waals surface area (Å²) in [7, 11) is 0. The van der Waals surface area contributed by atoms with Crippen molar-refractivity contribution in [1.29, 1.82) is 0 Å².